The average molecular weight is 513 g/mol. The maximum Gasteiger partial charge on any atom is 0.337 e. The summed E-state index contributed by atoms with van der Waals surface area (Å²) in [5, 5.41) is 12.7. The summed E-state index contributed by atoms with van der Waals surface area (Å²) in [4.78, 5) is 11.5. The van der Waals surface area contributed by atoms with Crippen molar-refractivity contribution < 1.29 is 9.90 Å². The van der Waals surface area contributed by atoms with Crippen LogP contribution in [0.15, 0.2) is 121 Å². The van der Waals surface area contributed by atoms with Gasteiger partial charge in [-0.15, -0.1) is 0 Å². The highest BCUT2D eigenvalue weighted by atomic mass is 16.4. The van der Waals surface area contributed by atoms with Crippen LogP contribution in [-0.4, -0.2) is 11.1 Å². The van der Waals surface area contributed by atoms with Gasteiger partial charge in [0, 0.05) is 11.4 Å². The molecule has 4 nitrogen and oxygen atoms in total. The number of hydrogen-bond acceptors (Lipinski definition) is 3. The Kier molecular flexibility index (Phi) is 8.03. The molecule has 0 fully saturated rings. The molecule has 5 rings (SSSR count). The van der Waals surface area contributed by atoms with Gasteiger partial charge in [0.2, 0.25) is 0 Å². The summed E-state index contributed by atoms with van der Waals surface area (Å²) >= 11 is 0. The van der Waals surface area contributed by atoms with Gasteiger partial charge in [0.05, 0.1) is 11.3 Å². The second kappa shape index (κ2) is 12.1. The lowest BCUT2D eigenvalue weighted by Crippen LogP contribution is -2.07. The maximum absolute atomic E-state index is 11.5. The summed E-state index contributed by atoms with van der Waals surface area (Å²) in [5.74, 6) is -0.949. The fourth-order valence-electron chi connectivity index (χ4n) is 4.94. The van der Waals surface area contributed by atoms with E-state index in [0.717, 1.165) is 42.6 Å². The monoisotopic (exact) mass is 512 g/mol. The van der Waals surface area contributed by atoms with Gasteiger partial charge in [-0.05, 0) is 83.3 Å². The number of carboxylic acids is 1. The van der Waals surface area contributed by atoms with Gasteiger partial charge < -0.3 is 16.2 Å². The molecule has 0 saturated carbocycles. The minimum absolute atomic E-state index is 0.251. The molecule has 0 heterocycles. The van der Waals surface area contributed by atoms with Crippen molar-refractivity contribution in [2.45, 2.75) is 25.7 Å². The van der Waals surface area contributed by atoms with E-state index in [9.17, 15) is 9.90 Å². The van der Waals surface area contributed by atoms with Crippen molar-refractivity contribution in [1.29, 1.82) is 0 Å². The largest absolute Gasteiger partial charge is 0.478 e. The summed E-state index contributed by atoms with van der Waals surface area (Å²) in [5.41, 5.74) is 16.7. The van der Waals surface area contributed by atoms with E-state index >= 15 is 0 Å². The number of hydrogen-bond donors (Lipinski definition) is 3. The van der Waals surface area contributed by atoms with Crippen LogP contribution < -0.4 is 11.1 Å². The molecule has 0 bridgehead atoms. The van der Waals surface area contributed by atoms with Gasteiger partial charge in [0.25, 0.3) is 0 Å². The fourth-order valence-corrected chi connectivity index (χ4v) is 4.94. The molecular formula is C35H32N2O2. The van der Waals surface area contributed by atoms with Crippen LogP contribution in [0, 0.1) is 0 Å². The van der Waals surface area contributed by atoms with Gasteiger partial charge in [-0.2, -0.15) is 0 Å². The Bertz CT molecular complexity index is 1550. The van der Waals surface area contributed by atoms with Gasteiger partial charge in [-0.3, -0.25) is 0 Å². The highest BCUT2D eigenvalue weighted by molar-refractivity contribution is 5.95. The number of rotatable bonds is 10. The van der Waals surface area contributed by atoms with E-state index in [1.54, 1.807) is 18.2 Å². The van der Waals surface area contributed by atoms with Gasteiger partial charge in [0.1, 0.15) is 0 Å². The fraction of sp³-hybridized carbons (Fsp3) is 0.114. The summed E-state index contributed by atoms with van der Waals surface area (Å²) in [6.07, 6.45) is 3.38. The van der Waals surface area contributed by atoms with E-state index in [4.69, 9.17) is 5.73 Å². The van der Waals surface area contributed by atoms with E-state index in [-0.39, 0.29) is 5.56 Å². The molecule has 5 aromatic rings. The Morgan fingerprint density at radius 1 is 0.615 bits per heavy atom. The van der Waals surface area contributed by atoms with E-state index < -0.39 is 5.97 Å². The van der Waals surface area contributed by atoms with Crippen molar-refractivity contribution in [1.82, 2.24) is 0 Å². The molecule has 0 atom stereocenters. The standard InChI is InChI=1S/C35H32N2O2/c36-34-29(23-26-9-3-1-4-10-26)20-19-28(32(34)24-27-11-5-2-6-12-27)18-15-25-16-21-30(22-17-25)37-33-14-8-7-13-31(33)35(38)39/h1-14,16-17,19-22,37H,15,18,23-24,36H2,(H,38,39). The van der Waals surface area contributed by atoms with Crippen LogP contribution in [0.4, 0.5) is 17.1 Å². The highest BCUT2D eigenvalue weighted by Crippen LogP contribution is 2.28. The minimum atomic E-state index is -0.949. The van der Waals surface area contributed by atoms with Crippen molar-refractivity contribution in [3.8, 4) is 0 Å². The molecule has 5 aromatic carbocycles. The topological polar surface area (TPSA) is 75.3 Å². The molecule has 0 amide bonds. The van der Waals surface area contributed by atoms with Gasteiger partial charge >= 0.3 is 5.97 Å². The van der Waals surface area contributed by atoms with Crippen molar-refractivity contribution in [2.24, 2.45) is 0 Å². The molecule has 4 heteroatoms. The Morgan fingerprint density at radius 2 is 1.21 bits per heavy atom. The Balaban J connectivity index is 1.34. The molecule has 0 unspecified atom stereocenters. The second-order valence-corrected chi connectivity index (χ2v) is 9.77. The number of nitrogen functional groups attached to an aromatic ring is 1. The van der Waals surface area contributed by atoms with Crippen LogP contribution >= 0.6 is 0 Å². The molecule has 0 radical (unpaired) electrons. The Labute approximate surface area is 229 Å². The second-order valence-electron chi connectivity index (χ2n) is 9.77. The number of aromatic carboxylic acids is 1. The van der Waals surface area contributed by atoms with E-state index in [0.29, 0.717) is 5.69 Å². The number of para-hydroxylation sites is 1. The third-order valence-electron chi connectivity index (χ3n) is 7.08. The first kappa shape index (κ1) is 25.8. The molecule has 39 heavy (non-hydrogen) atoms. The van der Waals surface area contributed by atoms with E-state index in [1.807, 2.05) is 30.3 Å². The van der Waals surface area contributed by atoms with Gasteiger partial charge in [-0.1, -0.05) is 97.1 Å². The Morgan fingerprint density at radius 3 is 1.87 bits per heavy atom. The summed E-state index contributed by atoms with van der Waals surface area (Å²) in [7, 11) is 0. The number of nitrogens with two attached hydrogens (primary N) is 1. The van der Waals surface area contributed by atoms with Crippen molar-refractivity contribution in [3.63, 3.8) is 0 Å². The maximum atomic E-state index is 11.5. The molecule has 4 N–H and O–H groups in total. The predicted molar refractivity (Wildman–Crippen MR) is 160 cm³/mol. The first-order valence-corrected chi connectivity index (χ1v) is 13.2. The zero-order chi connectivity index (χ0) is 27.0. The lowest BCUT2D eigenvalue weighted by molar-refractivity contribution is 0.0698. The number of carbonyl (C=O) groups is 1. The predicted octanol–water partition coefficient (Wildman–Crippen LogP) is 7.68. The smallest absolute Gasteiger partial charge is 0.337 e. The Hall–Kier alpha value is -4.83. The van der Waals surface area contributed by atoms with Crippen molar-refractivity contribution in [2.75, 3.05) is 11.1 Å². The highest BCUT2D eigenvalue weighted by Gasteiger charge is 2.13. The van der Waals surface area contributed by atoms with Crippen molar-refractivity contribution >= 4 is 23.0 Å². The van der Waals surface area contributed by atoms with Crippen LogP contribution in [0.25, 0.3) is 0 Å². The molecule has 0 aliphatic carbocycles. The normalized spacial score (nSPS) is 10.8. The third-order valence-corrected chi connectivity index (χ3v) is 7.08. The van der Waals surface area contributed by atoms with Crippen LogP contribution in [0.1, 0.15) is 43.7 Å². The van der Waals surface area contributed by atoms with Crippen LogP contribution in [0.3, 0.4) is 0 Å². The average Bonchev–Trinajstić information content (AvgIpc) is 2.97. The molecule has 0 saturated heterocycles. The quantitative estimate of drug-likeness (QED) is 0.168. The summed E-state index contributed by atoms with van der Waals surface area (Å²) < 4.78 is 0. The number of nitrogens with one attached hydrogen (secondary N) is 1. The van der Waals surface area contributed by atoms with Crippen LogP contribution in [0.2, 0.25) is 0 Å². The first-order chi connectivity index (χ1) is 19.1. The zero-order valence-corrected chi connectivity index (χ0v) is 21.8. The number of carboxylic acid groups (broad SMARTS) is 1. The van der Waals surface area contributed by atoms with Crippen LogP contribution in [0.5, 0.6) is 0 Å². The van der Waals surface area contributed by atoms with E-state index in [1.165, 1.54) is 27.8 Å². The molecular weight excluding hydrogens is 480 g/mol. The summed E-state index contributed by atoms with van der Waals surface area (Å²) in [6, 6.07) is 40.5. The van der Waals surface area contributed by atoms with Crippen LogP contribution in [-0.2, 0) is 25.7 Å². The molecule has 194 valence electrons. The van der Waals surface area contributed by atoms with Gasteiger partial charge in [-0.25, -0.2) is 4.79 Å². The van der Waals surface area contributed by atoms with Gasteiger partial charge in [0.15, 0.2) is 0 Å². The first-order valence-electron chi connectivity index (χ1n) is 13.2. The minimum Gasteiger partial charge on any atom is -0.478 e. The lowest BCUT2D eigenvalue weighted by atomic mass is 9.90. The number of benzene rings is 5. The number of anilines is 3. The van der Waals surface area contributed by atoms with E-state index in [2.05, 4.69) is 78.1 Å². The lowest BCUT2D eigenvalue weighted by Gasteiger charge is -2.17. The third kappa shape index (κ3) is 6.55. The number of aryl methyl sites for hydroxylation is 2. The molecule has 0 aliphatic rings. The molecule has 0 aliphatic heterocycles. The molecule has 0 spiro atoms. The summed E-state index contributed by atoms with van der Waals surface area (Å²) in [6.45, 7) is 0. The molecule has 0 aromatic heterocycles. The van der Waals surface area contributed by atoms with Crippen molar-refractivity contribution in [3.05, 3.63) is 160 Å². The SMILES string of the molecule is Nc1c(Cc2ccccc2)ccc(CCc2ccc(Nc3ccccc3C(=O)O)cc2)c1Cc1ccccc1. The zero-order valence-electron chi connectivity index (χ0n) is 21.8.